The van der Waals surface area contributed by atoms with Gasteiger partial charge in [0.15, 0.2) is 0 Å². The van der Waals surface area contributed by atoms with Crippen molar-refractivity contribution < 1.29 is 18.3 Å². The molecule has 0 amide bonds. The second-order valence-corrected chi connectivity index (χ2v) is 3.26. The Kier molecular flexibility index (Phi) is 3.19. The van der Waals surface area contributed by atoms with E-state index < -0.39 is 18.3 Å². The molecule has 0 bridgehead atoms. The van der Waals surface area contributed by atoms with Crippen molar-refractivity contribution in [1.29, 1.82) is 0 Å². The lowest BCUT2D eigenvalue weighted by atomic mass is 10.0. The first-order valence-electron chi connectivity index (χ1n) is 4.23. The molecule has 1 fully saturated rings. The molecule has 76 valence electrons. The number of alkyl halides is 2. The summed E-state index contributed by atoms with van der Waals surface area (Å²) < 4.78 is 30.0. The summed E-state index contributed by atoms with van der Waals surface area (Å²) in [4.78, 5) is 10.6. The summed E-state index contributed by atoms with van der Waals surface area (Å²) in [5.41, 5.74) is 0. The fraction of sp³-hybridized carbons (Fsp3) is 0.875. The van der Waals surface area contributed by atoms with Gasteiger partial charge >= 0.3 is 11.9 Å². The highest BCUT2D eigenvalue weighted by Crippen LogP contribution is 2.27. The first kappa shape index (κ1) is 10.4. The highest BCUT2D eigenvalue weighted by atomic mass is 19.3. The molecule has 1 aliphatic rings. The van der Waals surface area contributed by atoms with Crippen LogP contribution in [0.15, 0.2) is 0 Å². The Morgan fingerprint density at radius 3 is 2.85 bits per heavy atom. The third-order valence-electron chi connectivity index (χ3n) is 2.19. The van der Waals surface area contributed by atoms with Gasteiger partial charge in [0.05, 0.1) is 7.11 Å². The lowest BCUT2D eigenvalue weighted by molar-refractivity contribution is -0.171. The van der Waals surface area contributed by atoms with E-state index >= 15 is 0 Å². The van der Waals surface area contributed by atoms with Crippen LogP contribution in [0, 0.1) is 5.92 Å². The smallest absolute Gasteiger partial charge is 0.376 e. The summed E-state index contributed by atoms with van der Waals surface area (Å²) >= 11 is 0. The fourth-order valence-corrected chi connectivity index (χ4v) is 1.48. The van der Waals surface area contributed by atoms with Crippen molar-refractivity contribution in [2.24, 2.45) is 5.92 Å². The number of methoxy groups -OCH3 is 1. The molecule has 1 atom stereocenters. The summed E-state index contributed by atoms with van der Waals surface area (Å²) in [5.74, 6) is -4.88. The van der Waals surface area contributed by atoms with Crippen molar-refractivity contribution in [3.05, 3.63) is 0 Å². The van der Waals surface area contributed by atoms with E-state index in [2.05, 4.69) is 10.1 Å². The summed E-state index contributed by atoms with van der Waals surface area (Å²) in [7, 11) is 0.975. The van der Waals surface area contributed by atoms with Gasteiger partial charge in [0, 0.05) is 6.42 Å². The minimum Gasteiger partial charge on any atom is -0.465 e. The standard InChI is InChI=1S/C8H13F2NO2/c1-13-7(12)8(9,10)4-6-2-3-11-5-6/h6,11H,2-5H2,1H3. The Hall–Kier alpha value is -0.710. The van der Waals surface area contributed by atoms with Crippen LogP contribution in [0.25, 0.3) is 0 Å². The zero-order chi connectivity index (χ0) is 9.90. The number of nitrogens with one attached hydrogen (secondary N) is 1. The average Bonchev–Trinajstić information content (AvgIpc) is 2.54. The maximum absolute atomic E-state index is 13.0. The van der Waals surface area contributed by atoms with Crippen LogP contribution in [0.5, 0.6) is 0 Å². The molecule has 0 aromatic carbocycles. The number of carbonyl (C=O) groups is 1. The number of esters is 1. The molecule has 1 aliphatic heterocycles. The van der Waals surface area contributed by atoms with E-state index in [0.29, 0.717) is 13.0 Å². The molecule has 1 rings (SSSR count). The van der Waals surface area contributed by atoms with E-state index in [9.17, 15) is 13.6 Å². The second-order valence-electron chi connectivity index (χ2n) is 3.26. The molecular weight excluding hydrogens is 180 g/mol. The zero-order valence-corrected chi connectivity index (χ0v) is 7.48. The predicted molar refractivity (Wildman–Crippen MR) is 42.6 cm³/mol. The Morgan fingerprint density at radius 1 is 1.69 bits per heavy atom. The molecule has 0 saturated carbocycles. The topological polar surface area (TPSA) is 38.3 Å². The summed E-state index contributed by atoms with van der Waals surface area (Å²) in [5, 5.41) is 2.97. The summed E-state index contributed by atoms with van der Waals surface area (Å²) in [6.45, 7) is 1.31. The van der Waals surface area contributed by atoms with E-state index in [1.807, 2.05) is 0 Å². The van der Waals surface area contributed by atoms with Gasteiger partial charge in [-0.15, -0.1) is 0 Å². The third-order valence-corrected chi connectivity index (χ3v) is 2.19. The van der Waals surface area contributed by atoms with Gasteiger partial charge in [-0.3, -0.25) is 0 Å². The highest BCUT2D eigenvalue weighted by Gasteiger charge is 2.42. The van der Waals surface area contributed by atoms with Crippen molar-refractivity contribution in [2.45, 2.75) is 18.8 Å². The lowest BCUT2D eigenvalue weighted by Crippen LogP contribution is -2.32. The third kappa shape index (κ3) is 2.62. The molecule has 1 saturated heterocycles. The van der Waals surface area contributed by atoms with Gasteiger partial charge in [0.25, 0.3) is 0 Å². The van der Waals surface area contributed by atoms with Crippen LogP contribution in [0.1, 0.15) is 12.8 Å². The summed E-state index contributed by atoms with van der Waals surface area (Å²) in [6.07, 6.45) is 0.291. The van der Waals surface area contributed by atoms with E-state index in [-0.39, 0.29) is 5.92 Å². The van der Waals surface area contributed by atoms with Gasteiger partial charge in [-0.1, -0.05) is 0 Å². The first-order chi connectivity index (χ1) is 6.06. The molecule has 0 aliphatic carbocycles. The van der Waals surface area contributed by atoms with Gasteiger partial charge in [-0.2, -0.15) is 8.78 Å². The minimum absolute atomic E-state index is 0.117. The van der Waals surface area contributed by atoms with Gasteiger partial charge in [-0.25, -0.2) is 4.79 Å². The maximum atomic E-state index is 13.0. The number of halogens is 2. The molecule has 5 heteroatoms. The van der Waals surface area contributed by atoms with E-state index in [0.717, 1.165) is 13.7 Å². The molecule has 3 nitrogen and oxygen atoms in total. The van der Waals surface area contributed by atoms with E-state index in [1.54, 1.807) is 0 Å². The van der Waals surface area contributed by atoms with Crippen molar-refractivity contribution in [2.75, 3.05) is 20.2 Å². The molecule has 0 aromatic rings. The quantitative estimate of drug-likeness (QED) is 0.673. The number of hydrogen-bond donors (Lipinski definition) is 1. The van der Waals surface area contributed by atoms with Crippen molar-refractivity contribution in [1.82, 2.24) is 5.32 Å². The summed E-state index contributed by atoms with van der Waals surface area (Å²) in [6, 6.07) is 0. The molecule has 13 heavy (non-hydrogen) atoms. The Morgan fingerprint density at radius 2 is 2.38 bits per heavy atom. The van der Waals surface area contributed by atoms with Crippen molar-refractivity contribution >= 4 is 5.97 Å². The molecule has 0 spiro atoms. The molecule has 0 aromatic heterocycles. The predicted octanol–water partition coefficient (Wildman–Crippen LogP) is 0.794. The largest absolute Gasteiger partial charge is 0.465 e. The van der Waals surface area contributed by atoms with Crippen LogP contribution < -0.4 is 5.32 Å². The number of rotatable bonds is 3. The van der Waals surface area contributed by atoms with Crippen LogP contribution in [0.3, 0.4) is 0 Å². The molecule has 0 radical (unpaired) electrons. The van der Waals surface area contributed by atoms with Crippen LogP contribution in [0.2, 0.25) is 0 Å². The normalized spacial score (nSPS) is 23.2. The lowest BCUT2D eigenvalue weighted by Gasteiger charge is -2.16. The average molecular weight is 193 g/mol. The van der Waals surface area contributed by atoms with Gasteiger partial charge < -0.3 is 10.1 Å². The first-order valence-corrected chi connectivity index (χ1v) is 4.23. The SMILES string of the molecule is COC(=O)C(F)(F)CC1CCNC1. The maximum Gasteiger partial charge on any atom is 0.376 e. The Balaban J connectivity index is 2.44. The van der Waals surface area contributed by atoms with Crippen LogP contribution in [-0.2, 0) is 9.53 Å². The molecule has 1 heterocycles. The monoisotopic (exact) mass is 193 g/mol. The van der Waals surface area contributed by atoms with Crippen LogP contribution >= 0.6 is 0 Å². The minimum atomic E-state index is -3.33. The molecular formula is C8H13F2NO2. The number of carbonyl (C=O) groups excluding carboxylic acids is 1. The number of hydrogen-bond acceptors (Lipinski definition) is 3. The van der Waals surface area contributed by atoms with Crippen LogP contribution in [0.4, 0.5) is 8.78 Å². The fourth-order valence-electron chi connectivity index (χ4n) is 1.48. The van der Waals surface area contributed by atoms with Crippen LogP contribution in [-0.4, -0.2) is 32.1 Å². The van der Waals surface area contributed by atoms with Gasteiger partial charge in [-0.05, 0) is 25.4 Å². The Bertz CT molecular complexity index is 191. The van der Waals surface area contributed by atoms with Crippen molar-refractivity contribution in [3.8, 4) is 0 Å². The van der Waals surface area contributed by atoms with E-state index in [4.69, 9.17) is 0 Å². The zero-order valence-electron chi connectivity index (χ0n) is 7.48. The molecule has 1 N–H and O–H groups in total. The Labute approximate surface area is 75.4 Å². The molecule has 1 unspecified atom stereocenters. The highest BCUT2D eigenvalue weighted by molar-refractivity contribution is 5.77. The van der Waals surface area contributed by atoms with Gasteiger partial charge in [0.1, 0.15) is 0 Å². The van der Waals surface area contributed by atoms with Gasteiger partial charge in [0.2, 0.25) is 0 Å². The number of ether oxygens (including phenoxy) is 1. The van der Waals surface area contributed by atoms with Crippen molar-refractivity contribution in [3.63, 3.8) is 0 Å². The second kappa shape index (κ2) is 4.00. The van der Waals surface area contributed by atoms with E-state index in [1.165, 1.54) is 0 Å².